The lowest BCUT2D eigenvalue weighted by Crippen LogP contribution is -2.14. The van der Waals surface area contributed by atoms with Crippen molar-refractivity contribution in [1.29, 1.82) is 0 Å². The van der Waals surface area contributed by atoms with Gasteiger partial charge in [0.25, 0.3) is 0 Å². The fourth-order valence-electron chi connectivity index (χ4n) is 9.03. The first-order chi connectivity index (χ1) is 26.0. The maximum atomic E-state index is 3.72. The summed E-state index contributed by atoms with van der Waals surface area (Å²) in [5.74, 6) is 0. The lowest BCUT2D eigenvalue weighted by Gasteiger charge is -2.21. The van der Waals surface area contributed by atoms with E-state index in [2.05, 4.69) is 199 Å². The van der Waals surface area contributed by atoms with Gasteiger partial charge in [-0.05, 0) is 122 Å². The molecule has 2 aromatic heterocycles. The Morgan fingerprint density at radius 3 is 1.72 bits per heavy atom. The standard InChI is InChI=1S/C51H36N2/c1-51(2)45-19-11-9-17-39(45)41-30-44-40-18-10-12-20-49(40)53(50(44)31-46(41)51)38-22-24-48-43(29-38)42-28-34(21-23-47(42)52-48)37-26-35(32-13-5-3-6-14-32)25-36(27-37)33-15-7-4-8-16-33/h3-31,52H,1-2H3. The Morgan fingerprint density at radius 2 is 0.981 bits per heavy atom. The second-order valence-electron chi connectivity index (χ2n) is 15.1. The topological polar surface area (TPSA) is 20.7 Å². The van der Waals surface area contributed by atoms with Crippen LogP contribution in [0.5, 0.6) is 0 Å². The second-order valence-corrected chi connectivity index (χ2v) is 15.1. The van der Waals surface area contributed by atoms with Gasteiger partial charge in [0.2, 0.25) is 0 Å². The van der Waals surface area contributed by atoms with Crippen LogP contribution in [-0.2, 0) is 5.41 Å². The van der Waals surface area contributed by atoms with E-state index >= 15 is 0 Å². The zero-order valence-electron chi connectivity index (χ0n) is 29.7. The lowest BCUT2D eigenvalue weighted by atomic mass is 9.82. The quantitative estimate of drug-likeness (QED) is 0.192. The van der Waals surface area contributed by atoms with Gasteiger partial charge in [-0.3, -0.25) is 0 Å². The average Bonchev–Trinajstić information content (AvgIpc) is 3.82. The number of nitrogens with zero attached hydrogens (tertiary/aromatic N) is 1. The van der Waals surface area contributed by atoms with Crippen LogP contribution in [0.3, 0.4) is 0 Å². The van der Waals surface area contributed by atoms with E-state index in [1.54, 1.807) is 0 Å². The Labute approximate surface area is 308 Å². The highest BCUT2D eigenvalue weighted by atomic mass is 15.0. The van der Waals surface area contributed by atoms with Crippen molar-refractivity contribution in [3.8, 4) is 50.2 Å². The van der Waals surface area contributed by atoms with Crippen molar-refractivity contribution in [1.82, 2.24) is 9.55 Å². The first-order valence-electron chi connectivity index (χ1n) is 18.5. The monoisotopic (exact) mass is 676 g/mol. The molecule has 2 nitrogen and oxygen atoms in total. The van der Waals surface area contributed by atoms with Gasteiger partial charge in [0.15, 0.2) is 0 Å². The Morgan fingerprint density at radius 1 is 0.377 bits per heavy atom. The maximum absolute atomic E-state index is 3.72. The Kier molecular flexibility index (Phi) is 6.33. The van der Waals surface area contributed by atoms with E-state index < -0.39 is 0 Å². The SMILES string of the molecule is CC1(C)c2ccccc2-c2cc3c4ccccc4n(-c4ccc5[nH]c6ccc(-c7cc(-c8ccccc8)cc(-c8ccccc8)c7)cc6c5c4)c3cc21. The van der Waals surface area contributed by atoms with Crippen molar-refractivity contribution in [3.05, 3.63) is 187 Å². The smallest absolute Gasteiger partial charge is 0.0544 e. The van der Waals surface area contributed by atoms with Crippen LogP contribution in [0.4, 0.5) is 0 Å². The summed E-state index contributed by atoms with van der Waals surface area (Å²) in [6, 6.07) is 64.8. The summed E-state index contributed by atoms with van der Waals surface area (Å²) in [5, 5.41) is 5.02. The molecule has 0 radical (unpaired) electrons. The average molecular weight is 677 g/mol. The number of H-pyrrole nitrogens is 1. The van der Waals surface area contributed by atoms with E-state index in [9.17, 15) is 0 Å². The van der Waals surface area contributed by atoms with Gasteiger partial charge in [-0.25, -0.2) is 0 Å². The number of nitrogens with one attached hydrogen (secondary N) is 1. The molecule has 0 bridgehead atoms. The summed E-state index contributed by atoms with van der Waals surface area (Å²) in [6.45, 7) is 4.73. The first-order valence-corrected chi connectivity index (χ1v) is 18.5. The van der Waals surface area contributed by atoms with Crippen LogP contribution in [0.1, 0.15) is 25.0 Å². The van der Waals surface area contributed by atoms with E-state index in [1.165, 1.54) is 93.9 Å². The van der Waals surface area contributed by atoms with Gasteiger partial charge in [-0.1, -0.05) is 123 Å². The zero-order valence-corrected chi connectivity index (χ0v) is 29.7. The number of rotatable bonds is 4. The number of hydrogen-bond donors (Lipinski definition) is 1. The van der Waals surface area contributed by atoms with Gasteiger partial charge >= 0.3 is 0 Å². The number of fused-ring (bicyclic) bond motifs is 9. The van der Waals surface area contributed by atoms with Gasteiger partial charge < -0.3 is 9.55 Å². The largest absolute Gasteiger partial charge is 0.355 e. The van der Waals surface area contributed by atoms with E-state index in [1.807, 2.05) is 0 Å². The molecule has 0 aliphatic heterocycles. The number of hydrogen-bond acceptors (Lipinski definition) is 0. The van der Waals surface area contributed by atoms with E-state index in [0.29, 0.717) is 0 Å². The van der Waals surface area contributed by atoms with Gasteiger partial charge in [0.1, 0.15) is 0 Å². The van der Waals surface area contributed by atoms with Crippen LogP contribution >= 0.6 is 0 Å². The minimum Gasteiger partial charge on any atom is -0.355 e. The molecule has 1 aliphatic rings. The molecule has 2 heterocycles. The van der Waals surface area contributed by atoms with Crippen molar-refractivity contribution in [2.24, 2.45) is 0 Å². The number of benzene rings is 8. The molecular formula is C51H36N2. The van der Waals surface area contributed by atoms with Crippen molar-refractivity contribution in [2.75, 3.05) is 0 Å². The number of para-hydroxylation sites is 1. The highest BCUT2D eigenvalue weighted by molar-refractivity contribution is 6.13. The molecule has 0 amide bonds. The van der Waals surface area contributed by atoms with Gasteiger partial charge in [0.05, 0.1) is 11.0 Å². The van der Waals surface area contributed by atoms with Crippen LogP contribution in [0.15, 0.2) is 176 Å². The highest BCUT2D eigenvalue weighted by Crippen LogP contribution is 2.51. The summed E-state index contributed by atoms with van der Waals surface area (Å²) < 4.78 is 2.47. The molecule has 250 valence electrons. The predicted octanol–water partition coefficient (Wildman–Crippen LogP) is 13.7. The van der Waals surface area contributed by atoms with Crippen molar-refractivity contribution in [2.45, 2.75) is 19.3 Å². The highest BCUT2D eigenvalue weighted by Gasteiger charge is 2.36. The molecular weight excluding hydrogens is 641 g/mol. The van der Waals surface area contributed by atoms with Crippen molar-refractivity contribution >= 4 is 43.6 Å². The lowest BCUT2D eigenvalue weighted by molar-refractivity contribution is 0.661. The fraction of sp³-hybridized carbons (Fsp3) is 0.0588. The molecule has 8 aromatic carbocycles. The normalized spacial score (nSPS) is 13.2. The molecule has 53 heavy (non-hydrogen) atoms. The summed E-state index contributed by atoms with van der Waals surface area (Å²) in [7, 11) is 0. The first kappa shape index (κ1) is 30.0. The van der Waals surface area contributed by atoms with Crippen molar-refractivity contribution < 1.29 is 0 Å². The van der Waals surface area contributed by atoms with E-state index in [4.69, 9.17) is 0 Å². The third-order valence-corrected chi connectivity index (χ3v) is 11.7. The predicted molar refractivity (Wildman–Crippen MR) is 224 cm³/mol. The molecule has 0 unspecified atom stereocenters. The molecule has 1 aliphatic carbocycles. The minimum atomic E-state index is -0.0726. The minimum absolute atomic E-state index is 0.0726. The second kappa shape index (κ2) is 11.2. The van der Waals surface area contributed by atoms with Crippen LogP contribution in [0.25, 0.3) is 93.8 Å². The van der Waals surface area contributed by atoms with Gasteiger partial charge in [0, 0.05) is 43.7 Å². The molecule has 0 saturated carbocycles. The Hall–Kier alpha value is -6.64. The van der Waals surface area contributed by atoms with Gasteiger partial charge in [-0.15, -0.1) is 0 Å². The molecule has 0 spiro atoms. The third kappa shape index (κ3) is 4.52. The molecule has 11 rings (SSSR count). The van der Waals surface area contributed by atoms with Crippen LogP contribution in [0.2, 0.25) is 0 Å². The third-order valence-electron chi connectivity index (χ3n) is 11.7. The molecule has 2 heteroatoms. The Balaban J connectivity index is 1.11. The van der Waals surface area contributed by atoms with E-state index in [-0.39, 0.29) is 5.41 Å². The molecule has 0 saturated heterocycles. The molecule has 10 aromatic rings. The fourth-order valence-corrected chi connectivity index (χ4v) is 9.03. The van der Waals surface area contributed by atoms with Crippen molar-refractivity contribution in [3.63, 3.8) is 0 Å². The maximum Gasteiger partial charge on any atom is 0.0544 e. The molecule has 1 N–H and O–H groups in total. The van der Waals surface area contributed by atoms with Crippen LogP contribution in [0, 0.1) is 0 Å². The summed E-state index contributed by atoms with van der Waals surface area (Å²) in [4.78, 5) is 3.72. The molecule has 0 fully saturated rings. The zero-order chi connectivity index (χ0) is 35.3. The van der Waals surface area contributed by atoms with Crippen LogP contribution in [-0.4, -0.2) is 9.55 Å². The summed E-state index contributed by atoms with van der Waals surface area (Å²) in [5.41, 5.74) is 18.6. The summed E-state index contributed by atoms with van der Waals surface area (Å²) >= 11 is 0. The Bertz CT molecular complexity index is 3010. The van der Waals surface area contributed by atoms with Crippen LogP contribution < -0.4 is 0 Å². The van der Waals surface area contributed by atoms with E-state index in [0.717, 1.165) is 11.0 Å². The van der Waals surface area contributed by atoms with Gasteiger partial charge in [-0.2, -0.15) is 0 Å². The number of aromatic amines is 1. The number of aromatic nitrogens is 2. The molecule has 0 atom stereocenters. The summed E-state index contributed by atoms with van der Waals surface area (Å²) in [6.07, 6.45) is 0.